The second-order valence-corrected chi connectivity index (χ2v) is 7.96. The maximum atomic E-state index is 13.2. The van der Waals surface area contributed by atoms with Gasteiger partial charge in [-0.15, -0.1) is 0 Å². The molecule has 7 nitrogen and oxygen atoms in total. The first kappa shape index (κ1) is 20.2. The predicted octanol–water partition coefficient (Wildman–Crippen LogP) is 4.59. The lowest BCUT2D eigenvalue weighted by atomic mass is 9.99. The zero-order valence-corrected chi connectivity index (χ0v) is 17.8. The molecule has 2 aliphatic rings. The summed E-state index contributed by atoms with van der Waals surface area (Å²) in [5, 5.41) is 2.99. The lowest BCUT2D eigenvalue weighted by Gasteiger charge is -2.35. The molecule has 8 heteroatoms. The van der Waals surface area contributed by atoms with Crippen molar-refractivity contribution in [3.8, 4) is 22.9 Å². The molecule has 32 heavy (non-hydrogen) atoms. The van der Waals surface area contributed by atoms with Gasteiger partial charge in [0.25, 0.3) is 0 Å². The van der Waals surface area contributed by atoms with Crippen LogP contribution in [-0.2, 0) is 6.42 Å². The molecule has 2 amide bonds. The number of amides is 2. The van der Waals surface area contributed by atoms with Gasteiger partial charge in [0, 0.05) is 41.5 Å². The Morgan fingerprint density at radius 2 is 1.88 bits per heavy atom. The van der Waals surface area contributed by atoms with Gasteiger partial charge in [-0.1, -0.05) is 0 Å². The molecular formula is C24H23FN4O3. The smallest absolute Gasteiger partial charge is 0.322 e. The number of carbonyl (C=O) groups is 1. The number of nitrogens with one attached hydrogen (secondary N) is 1. The maximum Gasteiger partial charge on any atom is 0.322 e. The summed E-state index contributed by atoms with van der Waals surface area (Å²) in [6, 6.07) is 11.3. The monoisotopic (exact) mass is 434 g/mol. The Kier molecular flexibility index (Phi) is 5.13. The number of urea groups is 1. The van der Waals surface area contributed by atoms with Crippen molar-refractivity contribution in [2.24, 2.45) is 0 Å². The van der Waals surface area contributed by atoms with E-state index >= 15 is 0 Å². The molecule has 0 radical (unpaired) electrons. The van der Waals surface area contributed by atoms with Gasteiger partial charge < -0.3 is 19.7 Å². The average Bonchev–Trinajstić information content (AvgIpc) is 3.14. The van der Waals surface area contributed by atoms with Crippen molar-refractivity contribution in [1.82, 2.24) is 14.9 Å². The Labute approximate surface area is 185 Å². The molecule has 164 valence electrons. The zero-order valence-electron chi connectivity index (χ0n) is 17.8. The first-order valence-corrected chi connectivity index (χ1v) is 10.5. The third-order valence-corrected chi connectivity index (χ3v) is 6.16. The Bertz CT molecular complexity index is 1170. The summed E-state index contributed by atoms with van der Waals surface area (Å²) in [6.45, 7) is 0. The third-order valence-electron chi connectivity index (χ3n) is 6.16. The van der Waals surface area contributed by atoms with E-state index in [2.05, 4.69) is 10.3 Å². The van der Waals surface area contributed by atoms with Crippen molar-refractivity contribution in [3.63, 3.8) is 0 Å². The largest absolute Gasteiger partial charge is 0.493 e. The van der Waals surface area contributed by atoms with Crippen molar-refractivity contribution in [2.75, 3.05) is 19.5 Å². The van der Waals surface area contributed by atoms with Crippen LogP contribution in [0, 0.1) is 5.82 Å². The second kappa shape index (κ2) is 8.11. The van der Waals surface area contributed by atoms with Crippen molar-refractivity contribution >= 4 is 11.7 Å². The fourth-order valence-corrected chi connectivity index (χ4v) is 4.63. The number of anilines is 1. The molecule has 1 fully saturated rings. The first-order chi connectivity index (χ1) is 15.6. The highest BCUT2D eigenvalue weighted by atomic mass is 19.1. The van der Waals surface area contributed by atoms with Crippen LogP contribution in [-0.4, -0.2) is 41.2 Å². The van der Waals surface area contributed by atoms with Crippen LogP contribution in [0.3, 0.4) is 0 Å². The normalized spacial score (nSPS) is 18.8. The van der Waals surface area contributed by atoms with Crippen LogP contribution in [0.2, 0.25) is 0 Å². The van der Waals surface area contributed by atoms with Gasteiger partial charge in [-0.05, 0) is 49.2 Å². The minimum Gasteiger partial charge on any atom is -0.493 e. The topological polar surface area (TPSA) is 76.6 Å². The molecule has 3 heterocycles. The van der Waals surface area contributed by atoms with E-state index in [0.717, 1.165) is 29.7 Å². The van der Waals surface area contributed by atoms with Crippen LogP contribution in [0.25, 0.3) is 11.4 Å². The van der Waals surface area contributed by atoms with E-state index in [1.54, 1.807) is 44.6 Å². The molecule has 2 bridgehead atoms. The van der Waals surface area contributed by atoms with Crippen LogP contribution in [0.15, 0.2) is 48.7 Å². The Hall–Kier alpha value is -3.68. The van der Waals surface area contributed by atoms with E-state index in [0.29, 0.717) is 29.4 Å². The summed E-state index contributed by atoms with van der Waals surface area (Å²) >= 11 is 0. The highest BCUT2D eigenvalue weighted by Gasteiger charge is 2.43. The quantitative estimate of drug-likeness (QED) is 0.650. The van der Waals surface area contributed by atoms with Gasteiger partial charge in [0.05, 0.1) is 26.0 Å². The standard InChI is InChI=1S/C24H23FN4O3/c1-31-21-10-7-16(11-22(21)32-2)27-24(30)29-17-8-9-20(29)18-13-26-23(28-19(18)12-17)14-3-5-15(25)6-4-14/h3-7,10-11,13,17,20H,8-9,12H2,1-2H3,(H,27,30)/t17-,20+/m0/s1. The summed E-state index contributed by atoms with van der Waals surface area (Å²) in [5.41, 5.74) is 3.35. The number of methoxy groups -OCH3 is 2. The molecule has 5 rings (SSSR count). The minimum atomic E-state index is -0.291. The molecule has 2 aromatic carbocycles. The molecule has 3 aromatic rings. The molecule has 0 unspecified atom stereocenters. The number of fused-ring (bicyclic) bond motifs is 4. The number of nitrogens with zero attached hydrogens (tertiary/aromatic N) is 3. The third kappa shape index (κ3) is 3.51. The van der Waals surface area contributed by atoms with E-state index in [9.17, 15) is 9.18 Å². The highest BCUT2D eigenvalue weighted by molar-refractivity contribution is 5.90. The first-order valence-electron chi connectivity index (χ1n) is 10.5. The summed E-state index contributed by atoms with van der Waals surface area (Å²) in [5.74, 6) is 1.44. The van der Waals surface area contributed by atoms with Crippen LogP contribution < -0.4 is 14.8 Å². The van der Waals surface area contributed by atoms with Crippen molar-refractivity contribution in [3.05, 3.63) is 65.7 Å². The molecule has 0 aliphatic carbocycles. The van der Waals surface area contributed by atoms with Gasteiger partial charge >= 0.3 is 6.03 Å². The molecule has 0 spiro atoms. The number of hydrogen-bond acceptors (Lipinski definition) is 5. The SMILES string of the molecule is COc1ccc(NC(=O)N2[C@H]3CC[C@@H]2c2cnc(-c4ccc(F)cc4)nc2C3)cc1OC. The summed E-state index contributed by atoms with van der Waals surface area (Å²) in [7, 11) is 3.13. The van der Waals surface area contributed by atoms with Gasteiger partial charge in [-0.25, -0.2) is 19.2 Å². The average molecular weight is 434 g/mol. The van der Waals surface area contributed by atoms with E-state index in [1.165, 1.54) is 12.1 Å². The van der Waals surface area contributed by atoms with Gasteiger partial charge in [0.1, 0.15) is 5.82 Å². The Balaban J connectivity index is 1.38. The van der Waals surface area contributed by atoms with Gasteiger partial charge in [-0.3, -0.25) is 0 Å². The fraction of sp³-hybridized carbons (Fsp3) is 0.292. The highest BCUT2D eigenvalue weighted by Crippen LogP contribution is 2.43. The minimum absolute atomic E-state index is 0.0637. The number of aromatic nitrogens is 2. The lowest BCUT2D eigenvalue weighted by Crippen LogP contribution is -2.44. The molecule has 1 saturated heterocycles. The summed E-state index contributed by atoms with van der Waals surface area (Å²) in [4.78, 5) is 24.3. The Morgan fingerprint density at radius 3 is 2.62 bits per heavy atom. The molecule has 1 N–H and O–H groups in total. The van der Waals surface area contributed by atoms with E-state index in [1.807, 2.05) is 11.1 Å². The van der Waals surface area contributed by atoms with Crippen LogP contribution in [0.5, 0.6) is 11.5 Å². The van der Waals surface area contributed by atoms with E-state index < -0.39 is 0 Å². The van der Waals surface area contributed by atoms with Crippen LogP contribution >= 0.6 is 0 Å². The number of benzene rings is 2. The molecule has 1 aromatic heterocycles. The van der Waals surface area contributed by atoms with Crippen molar-refractivity contribution in [2.45, 2.75) is 31.3 Å². The Morgan fingerprint density at radius 1 is 1.09 bits per heavy atom. The lowest BCUT2D eigenvalue weighted by molar-refractivity contribution is 0.178. The van der Waals surface area contributed by atoms with Gasteiger partial charge in [-0.2, -0.15) is 0 Å². The number of rotatable bonds is 4. The molecule has 0 saturated carbocycles. The molecular weight excluding hydrogens is 411 g/mol. The van der Waals surface area contributed by atoms with E-state index in [4.69, 9.17) is 14.5 Å². The van der Waals surface area contributed by atoms with E-state index in [-0.39, 0.29) is 23.9 Å². The van der Waals surface area contributed by atoms with Crippen molar-refractivity contribution < 1.29 is 18.7 Å². The zero-order chi connectivity index (χ0) is 22.2. The van der Waals surface area contributed by atoms with Crippen molar-refractivity contribution in [1.29, 1.82) is 0 Å². The molecule has 2 aliphatic heterocycles. The number of hydrogen-bond donors (Lipinski definition) is 1. The van der Waals surface area contributed by atoms with Gasteiger partial charge in [0.2, 0.25) is 0 Å². The molecule has 2 atom stereocenters. The predicted molar refractivity (Wildman–Crippen MR) is 117 cm³/mol. The summed E-state index contributed by atoms with van der Waals surface area (Å²) in [6.07, 6.45) is 4.26. The number of ether oxygens (including phenoxy) is 2. The number of carbonyl (C=O) groups excluding carboxylic acids is 1. The summed E-state index contributed by atoms with van der Waals surface area (Å²) < 4.78 is 23.8. The maximum absolute atomic E-state index is 13.2. The fourth-order valence-electron chi connectivity index (χ4n) is 4.63. The number of halogens is 1. The van der Waals surface area contributed by atoms with Crippen LogP contribution in [0.4, 0.5) is 14.9 Å². The van der Waals surface area contributed by atoms with Gasteiger partial charge in [0.15, 0.2) is 17.3 Å². The van der Waals surface area contributed by atoms with Crippen LogP contribution in [0.1, 0.15) is 30.1 Å². The second-order valence-electron chi connectivity index (χ2n) is 7.96.